The fourth-order valence-electron chi connectivity index (χ4n) is 3.71. The first kappa shape index (κ1) is 19.5. The Hall–Kier alpha value is -3.81. The molecule has 8 heteroatoms. The van der Waals surface area contributed by atoms with E-state index in [1.54, 1.807) is 31.9 Å². The van der Waals surface area contributed by atoms with Crippen LogP contribution in [0.5, 0.6) is 11.5 Å². The van der Waals surface area contributed by atoms with E-state index in [0.717, 1.165) is 16.7 Å². The lowest BCUT2D eigenvalue weighted by atomic mass is 9.95. The predicted molar refractivity (Wildman–Crippen MR) is 113 cm³/mol. The summed E-state index contributed by atoms with van der Waals surface area (Å²) in [7, 11) is 3.14. The third-order valence-corrected chi connectivity index (χ3v) is 5.12. The number of benzene rings is 2. The maximum absolute atomic E-state index is 12.4. The molecule has 4 rings (SSSR count). The molecule has 0 bridgehead atoms. The summed E-state index contributed by atoms with van der Waals surface area (Å²) in [6.07, 6.45) is 0. The Morgan fingerprint density at radius 3 is 2.53 bits per heavy atom. The van der Waals surface area contributed by atoms with E-state index in [1.807, 2.05) is 43.3 Å². The molecule has 1 aliphatic heterocycles. The van der Waals surface area contributed by atoms with Crippen LogP contribution < -0.4 is 20.5 Å². The normalized spacial score (nSPS) is 15.4. The van der Waals surface area contributed by atoms with E-state index in [-0.39, 0.29) is 0 Å². The van der Waals surface area contributed by atoms with Gasteiger partial charge < -0.3 is 20.5 Å². The van der Waals surface area contributed by atoms with Gasteiger partial charge in [-0.3, -0.25) is 4.79 Å². The van der Waals surface area contributed by atoms with E-state index >= 15 is 0 Å². The summed E-state index contributed by atoms with van der Waals surface area (Å²) in [5.74, 6) is 1.71. The van der Waals surface area contributed by atoms with Gasteiger partial charge in [-0.05, 0) is 37.6 Å². The summed E-state index contributed by atoms with van der Waals surface area (Å²) in [5.41, 5.74) is 9.58. The highest BCUT2D eigenvalue weighted by molar-refractivity contribution is 5.95. The molecule has 2 heterocycles. The molecule has 0 saturated carbocycles. The number of fused-ring (bicyclic) bond motifs is 1. The number of anilines is 1. The van der Waals surface area contributed by atoms with Crippen molar-refractivity contribution in [2.45, 2.75) is 19.9 Å². The number of allylic oxidation sites excluding steroid dienone is 1. The number of carbonyl (C=O) groups excluding carboxylic acids is 1. The number of nitrogens with two attached hydrogens (primary N) is 1. The summed E-state index contributed by atoms with van der Waals surface area (Å²) in [6, 6.07) is 12.9. The molecule has 0 aliphatic carbocycles. The highest BCUT2D eigenvalue weighted by atomic mass is 16.5. The molecule has 0 unspecified atom stereocenters. The number of primary amides is 1. The zero-order valence-corrected chi connectivity index (χ0v) is 17.3. The molecule has 0 saturated heterocycles. The molecule has 1 amide bonds. The van der Waals surface area contributed by atoms with Gasteiger partial charge in [0.15, 0.2) is 17.3 Å². The maximum Gasteiger partial charge on any atom is 0.248 e. The van der Waals surface area contributed by atoms with Crippen LogP contribution >= 0.6 is 0 Å². The number of aromatic nitrogens is 3. The largest absolute Gasteiger partial charge is 0.493 e. The van der Waals surface area contributed by atoms with E-state index in [1.165, 1.54) is 0 Å². The van der Waals surface area contributed by atoms with E-state index in [9.17, 15) is 4.79 Å². The second-order valence-electron chi connectivity index (χ2n) is 7.12. The molecule has 30 heavy (non-hydrogen) atoms. The van der Waals surface area contributed by atoms with Gasteiger partial charge in [0.05, 0.1) is 19.8 Å². The third kappa shape index (κ3) is 3.26. The number of nitrogens with one attached hydrogen (secondary N) is 1. The van der Waals surface area contributed by atoms with E-state index in [0.29, 0.717) is 34.5 Å². The van der Waals surface area contributed by atoms with Crippen LogP contribution in [0, 0.1) is 6.92 Å². The highest BCUT2D eigenvalue weighted by Gasteiger charge is 2.34. The molecular weight excluding hydrogens is 382 g/mol. The van der Waals surface area contributed by atoms with Crippen molar-refractivity contribution in [3.05, 3.63) is 64.9 Å². The molecule has 1 aromatic heterocycles. The zero-order valence-electron chi connectivity index (χ0n) is 17.3. The third-order valence-electron chi connectivity index (χ3n) is 5.12. The van der Waals surface area contributed by atoms with Gasteiger partial charge in [0.1, 0.15) is 6.04 Å². The standard InChI is InChI=1S/C22H23N5O3/c1-12-6-5-7-15(10-12)21-25-22-24-13(2)18(20(23)28)19(27(22)26-21)14-8-9-16(29-3)17(11-14)30-4/h5-11,19H,1-4H3,(H2,23,28)(H,24,25,26)/t19-/m0/s1. The average molecular weight is 405 g/mol. The van der Waals surface area contributed by atoms with Crippen molar-refractivity contribution in [3.8, 4) is 22.9 Å². The van der Waals surface area contributed by atoms with Gasteiger partial charge in [-0.2, -0.15) is 4.98 Å². The van der Waals surface area contributed by atoms with Gasteiger partial charge in [-0.15, -0.1) is 5.10 Å². The Kier molecular flexibility index (Phi) is 4.91. The minimum Gasteiger partial charge on any atom is -0.493 e. The quantitative estimate of drug-likeness (QED) is 0.676. The molecule has 1 aliphatic rings. The molecular formula is C22H23N5O3. The predicted octanol–water partition coefficient (Wildman–Crippen LogP) is 3.04. The van der Waals surface area contributed by atoms with Crippen molar-refractivity contribution in [1.82, 2.24) is 14.8 Å². The van der Waals surface area contributed by atoms with Gasteiger partial charge in [0, 0.05) is 11.3 Å². The van der Waals surface area contributed by atoms with Crippen LogP contribution in [0.4, 0.5) is 5.95 Å². The lowest BCUT2D eigenvalue weighted by Crippen LogP contribution is -2.31. The summed E-state index contributed by atoms with van der Waals surface area (Å²) < 4.78 is 12.5. The number of ether oxygens (including phenoxy) is 2. The number of hydrogen-bond donors (Lipinski definition) is 2. The van der Waals surface area contributed by atoms with Crippen LogP contribution in [0.3, 0.4) is 0 Å². The molecule has 0 spiro atoms. The number of rotatable bonds is 5. The van der Waals surface area contributed by atoms with E-state index < -0.39 is 11.9 Å². The fraction of sp³-hybridized carbons (Fsp3) is 0.227. The van der Waals surface area contributed by atoms with Crippen LogP contribution in [-0.4, -0.2) is 34.9 Å². The molecule has 2 aromatic carbocycles. The smallest absolute Gasteiger partial charge is 0.248 e. The van der Waals surface area contributed by atoms with Crippen molar-refractivity contribution >= 4 is 11.9 Å². The van der Waals surface area contributed by atoms with Crippen molar-refractivity contribution in [2.75, 3.05) is 19.5 Å². The monoisotopic (exact) mass is 405 g/mol. The topological polar surface area (TPSA) is 104 Å². The summed E-state index contributed by atoms with van der Waals surface area (Å²) in [6.45, 7) is 3.82. The Morgan fingerprint density at radius 2 is 1.87 bits per heavy atom. The van der Waals surface area contributed by atoms with Crippen LogP contribution in [0.1, 0.15) is 24.1 Å². The van der Waals surface area contributed by atoms with Crippen LogP contribution in [0.15, 0.2) is 53.7 Å². The van der Waals surface area contributed by atoms with Crippen LogP contribution in [0.25, 0.3) is 11.4 Å². The number of aryl methyl sites for hydroxylation is 1. The highest BCUT2D eigenvalue weighted by Crippen LogP contribution is 2.39. The minimum atomic E-state index is -0.551. The van der Waals surface area contributed by atoms with Crippen molar-refractivity contribution in [3.63, 3.8) is 0 Å². The second kappa shape index (κ2) is 7.55. The van der Waals surface area contributed by atoms with E-state index in [2.05, 4.69) is 10.3 Å². The zero-order chi connectivity index (χ0) is 21.4. The fourth-order valence-corrected chi connectivity index (χ4v) is 3.71. The lowest BCUT2D eigenvalue weighted by Gasteiger charge is -2.28. The van der Waals surface area contributed by atoms with Gasteiger partial charge in [-0.25, -0.2) is 4.68 Å². The summed E-state index contributed by atoms with van der Waals surface area (Å²) in [4.78, 5) is 17.0. The van der Waals surface area contributed by atoms with Crippen molar-refractivity contribution < 1.29 is 14.3 Å². The van der Waals surface area contributed by atoms with Gasteiger partial charge >= 0.3 is 0 Å². The average Bonchev–Trinajstić information content (AvgIpc) is 3.15. The second-order valence-corrected chi connectivity index (χ2v) is 7.12. The Morgan fingerprint density at radius 1 is 1.10 bits per heavy atom. The van der Waals surface area contributed by atoms with Crippen molar-refractivity contribution in [2.24, 2.45) is 5.73 Å². The Bertz CT molecular complexity index is 1170. The molecule has 3 aromatic rings. The minimum absolute atomic E-state index is 0.412. The van der Waals surface area contributed by atoms with E-state index in [4.69, 9.17) is 20.3 Å². The molecule has 3 N–H and O–H groups in total. The lowest BCUT2D eigenvalue weighted by molar-refractivity contribution is -0.115. The van der Waals surface area contributed by atoms with Crippen LogP contribution in [-0.2, 0) is 4.79 Å². The van der Waals surface area contributed by atoms with Crippen LogP contribution in [0.2, 0.25) is 0 Å². The number of amides is 1. The van der Waals surface area contributed by atoms with Gasteiger partial charge in [-0.1, -0.05) is 29.8 Å². The molecule has 154 valence electrons. The number of carbonyl (C=O) groups is 1. The molecule has 1 atom stereocenters. The number of hydrogen-bond acceptors (Lipinski definition) is 6. The maximum atomic E-state index is 12.4. The molecule has 0 radical (unpaired) electrons. The molecule has 8 nitrogen and oxygen atoms in total. The first-order valence-electron chi connectivity index (χ1n) is 9.46. The Labute approximate surface area is 174 Å². The number of nitrogens with zero attached hydrogens (tertiary/aromatic N) is 3. The molecule has 0 fully saturated rings. The first-order valence-corrected chi connectivity index (χ1v) is 9.46. The first-order chi connectivity index (χ1) is 14.4. The summed E-state index contributed by atoms with van der Waals surface area (Å²) in [5, 5.41) is 7.87. The summed E-state index contributed by atoms with van der Waals surface area (Å²) >= 11 is 0. The van der Waals surface area contributed by atoms with Gasteiger partial charge in [0.2, 0.25) is 11.9 Å². The SMILES string of the molecule is COc1ccc([C@H]2C(C(N)=O)=C(C)Nc3nc(-c4cccc(C)c4)nn32)cc1OC. The Balaban J connectivity index is 1.89. The van der Waals surface area contributed by atoms with Crippen molar-refractivity contribution in [1.29, 1.82) is 0 Å². The van der Waals surface area contributed by atoms with Gasteiger partial charge in [0.25, 0.3) is 0 Å². The number of methoxy groups -OCH3 is 2.